The molecule has 9 heteroatoms. The highest BCUT2D eigenvalue weighted by atomic mass is 16.7. The third kappa shape index (κ3) is 8.69. The summed E-state index contributed by atoms with van der Waals surface area (Å²) < 4.78 is 21.7. The van der Waals surface area contributed by atoms with Crippen LogP contribution in [0.1, 0.15) is 37.0 Å². The first-order valence-electron chi connectivity index (χ1n) is 9.23. The van der Waals surface area contributed by atoms with E-state index in [0.29, 0.717) is 12.2 Å². The van der Waals surface area contributed by atoms with Gasteiger partial charge >= 0.3 is 5.97 Å². The van der Waals surface area contributed by atoms with Crippen molar-refractivity contribution in [3.63, 3.8) is 0 Å². The number of hydrogen-bond acceptors (Lipinski definition) is 7. The maximum Gasteiger partial charge on any atom is 0.338 e. The van der Waals surface area contributed by atoms with Crippen LogP contribution in [0.3, 0.4) is 0 Å². The average molecular weight is 395 g/mol. The SMILES string of the molecule is CCCCOC[C@H](N=[N+]=[N-])[C@@H](OC)OC(COC(=O)c1ccccc1)[C@H](C)O. The van der Waals surface area contributed by atoms with Crippen LogP contribution in [0.4, 0.5) is 0 Å². The van der Waals surface area contributed by atoms with E-state index >= 15 is 0 Å². The molecule has 0 heterocycles. The van der Waals surface area contributed by atoms with Gasteiger partial charge in [0.25, 0.3) is 0 Å². The first-order chi connectivity index (χ1) is 13.5. The van der Waals surface area contributed by atoms with Gasteiger partial charge in [-0.05, 0) is 31.0 Å². The molecule has 0 aliphatic rings. The number of methoxy groups -OCH3 is 1. The van der Waals surface area contributed by atoms with E-state index in [1.165, 1.54) is 14.0 Å². The Kier molecular flexibility index (Phi) is 11.9. The van der Waals surface area contributed by atoms with Gasteiger partial charge in [-0.2, -0.15) is 0 Å². The summed E-state index contributed by atoms with van der Waals surface area (Å²) in [5.41, 5.74) is 9.20. The minimum Gasteiger partial charge on any atom is -0.459 e. The number of benzene rings is 1. The third-order valence-electron chi connectivity index (χ3n) is 3.91. The number of azide groups is 1. The number of aliphatic hydroxyl groups excluding tert-OH is 1. The van der Waals surface area contributed by atoms with Crippen LogP contribution in [0.25, 0.3) is 10.4 Å². The number of carbonyl (C=O) groups excluding carboxylic acids is 1. The average Bonchev–Trinajstić information content (AvgIpc) is 2.71. The van der Waals surface area contributed by atoms with Crippen molar-refractivity contribution in [2.45, 2.75) is 51.2 Å². The topological polar surface area (TPSA) is 123 Å². The zero-order valence-corrected chi connectivity index (χ0v) is 16.6. The second-order valence-corrected chi connectivity index (χ2v) is 6.18. The Labute approximate surface area is 165 Å². The monoisotopic (exact) mass is 395 g/mol. The molecule has 0 aliphatic carbocycles. The minimum atomic E-state index is -0.965. The van der Waals surface area contributed by atoms with Crippen LogP contribution in [-0.4, -0.2) is 62.5 Å². The largest absolute Gasteiger partial charge is 0.459 e. The van der Waals surface area contributed by atoms with Crippen molar-refractivity contribution in [3.05, 3.63) is 46.3 Å². The molecule has 0 aromatic heterocycles. The summed E-state index contributed by atoms with van der Waals surface area (Å²) in [4.78, 5) is 14.9. The predicted molar refractivity (Wildman–Crippen MR) is 103 cm³/mol. The van der Waals surface area contributed by atoms with Crippen molar-refractivity contribution >= 4 is 5.97 Å². The second-order valence-electron chi connectivity index (χ2n) is 6.18. The zero-order valence-electron chi connectivity index (χ0n) is 16.6. The van der Waals surface area contributed by atoms with Crippen molar-refractivity contribution in [3.8, 4) is 0 Å². The molecule has 9 nitrogen and oxygen atoms in total. The number of esters is 1. The van der Waals surface area contributed by atoms with Gasteiger partial charge in [0.15, 0.2) is 6.29 Å². The van der Waals surface area contributed by atoms with Gasteiger partial charge in [0.2, 0.25) is 0 Å². The van der Waals surface area contributed by atoms with E-state index in [1.807, 2.05) is 6.92 Å². The van der Waals surface area contributed by atoms with Gasteiger partial charge in [0.1, 0.15) is 18.8 Å². The van der Waals surface area contributed by atoms with Gasteiger partial charge in [-0.25, -0.2) is 4.79 Å². The Morgan fingerprint density at radius 3 is 2.57 bits per heavy atom. The van der Waals surface area contributed by atoms with Crippen molar-refractivity contribution < 1.29 is 28.8 Å². The van der Waals surface area contributed by atoms with Gasteiger partial charge in [-0.1, -0.05) is 36.7 Å². The van der Waals surface area contributed by atoms with Crippen molar-refractivity contribution in [2.75, 3.05) is 26.9 Å². The molecular formula is C19H29N3O6. The van der Waals surface area contributed by atoms with Gasteiger partial charge in [-0.15, -0.1) is 0 Å². The second kappa shape index (κ2) is 13.9. The van der Waals surface area contributed by atoms with E-state index in [4.69, 9.17) is 24.5 Å². The quantitative estimate of drug-likeness (QED) is 0.129. The van der Waals surface area contributed by atoms with E-state index in [-0.39, 0.29) is 13.2 Å². The van der Waals surface area contributed by atoms with Crippen LogP contribution < -0.4 is 0 Å². The maximum atomic E-state index is 12.1. The summed E-state index contributed by atoms with van der Waals surface area (Å²) in [6, 6.07) is 7.75. The number of nitrogens with zero attached hydrogens (tertiary/aromatic N) is 3. The van der Waals surface area contributed by atoms with Crippen molar-refractivity contribution in [2.24, 2.45) is 5.11 Å². The lowest BCUT2D eigenvalue weighted by Gasteiger charge is -2.28. The summed E-state index contributed by atoms with van der Waals surface area (Å²) >= 11 is 0. The number of unbranched alkanes of at least 4 members (excludes halogenated alkanes) is 1. The fraction of sp³-hybridized carbons (Fsp3) is 0.632. The molecule has 1 N–H and O–H groups in total. The molecule has 0 spiro atoms. The van der Waals surface area contributed by atoms with Crippen LogP contribution >= 0.6 is 0 Å². The maximum absolute atomic E-state index is 12.1. The Morgan fingerprint density at radius 1 is 1.29 bits per heavy atom. The molecule has 0 bridgehead atoms. The van der Waals surface area contributed by atoms with Crippen LogP contribution in [0.2, 0.25) is 0 Å². The molecule has 0 saturated heterocycles. The summed E-state index contributed by atoms with van der Waals surface area (Å²) in [5, 5.41) is 13.7. The number of hydrogen-bond donors (Lipinski definition) is 1. The van der Waals surface area contributed by atoms with Gasteiger partial charge in [0.05, 0.1) is 18.3 Å². The Bertz CT molecular complexity index is 607. The molecule has 1 aromatic carbocycles. The fourth-order valence-corrected chi connectivity index (χ4v) is 2.27. The van der Waals surface area contributed by atoms with Crippen molar-refractivity contribution in [1.29, 1.82) is 0 Å². The van der Waals surface area contributed by atoms with Crippen LogP contribution in [0, 0.1) is 0 Å². The zero-order chi connectivity index (χ0) is 20.8. The van der Waals surface area contributed by atoms with E-state index < -0.39 is 30.5 Å². The fourth-order valence-electron chi connectivity index (χ4n) is 2.27. The minimum absolute atomic E-state index is 0.110. The molecule has 156 valence electrons. The van der Waals surface area contributed by atoms with Crippen LogP contribution in [-0.2, 0) is 18.9 Å². The lowest BCUT2D eigenvalue weighted by atomic mass is 10.2. The van der Waals surface area contributed by atoms with Gasteiger partial charge in [0, 0.05) is 18.6 Å². The van der Waals surface area contributed by atoms with Crippen molar-refractivity contribution in [1.82, 2.24) is 0 Å². The predicted octanol–water partition coefficient (Wildman–Crippen LogP) is 3.08. The molecule has 4 atom stereocenters. The number of carbonyl (C=O) groups is 1. The van der Waals surface area contributed by atoms with Gasteiger partial charge in [-0.3, -0.25) is 0 Å². The van der Waals surface area contributed by atoms with E-state index in [1.54, 1.807) is 30.3 Å². The number of aliphatic hydroxyl groups is 1. The Morgan fingerprint density at radius 2 is 2.00 bits per heavy atom. The molecule has 0 amide bonds. The Hall–Kier alpha value is -2.16. The van der Waals surface area contributed by atoms with E-state index in [0.717, 1.165) is 12.8 Å². The molecular weight excluding hydrogens is 366 g/mol. The lowest BCUT2D eigenvalue weighted by molar-refractivity contribution is -0.200. The summed E-state index contributed by atoms with van der Waals surface area (Å²) in [6.07, 6.45) is -0.924. The van der Waals surface area contributed by atoms with Crippen LogP contribution in [0.15, 0.2) is 35.4 Å². The molecule has 0 radical (unpaired) electrons. The highest BCUT2D eigenvalue weighted by molar-refractivity contribution is 5.89. The summed E-state index contributed by atoms with van der Waals surface area (Å²) in [7, 11) is 1.39. The smallest absolute Gasteiger partial charge is 0.338 e. The molecule has 0 fully saturated rings. The normalized spacial score (nSPS) is 15.1. The van der Waals surface area contributed by atoms with E-state index in [2.05, 4.69) is 10.0 Å². The van der Waals surface area contributed by atoms with Crippen LogP contribution in [0.5, 0.6) is 0 Å². The molecule has 1 aromatic rings. The highest BCUT2D eigenvalue weighted by Crippen LogP contribution is 2.14. The van der Waals surface area contributed by atoms with E-state index in [9.17, 15) is 9.90 Å². The first kappa shape index (κ1) is 23.9. The Balaban J connectivity index is 2.68. The molecule has 1 unspecified atom stereocenters. The standard InChI is InChI=1S/C19H29N3O6/c1-4-5-11-26-12-16(21-22-20)19(25-3)28-17(14(2)23)13-27-18(24)15-9-7-6-8-10-15/h6-10,14,16-17,19,23H,4-5,11-13H2,1-3H3/t14-,16-,17?,19-/m0/s1. The molecule has 28 heavy (non-hydrogen) atoms. The molecule has 0 saturated carbocycles. The summed E-state index contributed by atoms with van der Waals surface area (Å²) in [6.45, 7) is 4.00. The lowest BCUT2D eigenvalue weighted by Crippen LogP contribution is -2.42. The molecule has 1 rings (SSSR count). The number of ether oxygens (including phenoxy) is 4. The molecule has 0 aliphatic heterocycles. The highest BCUT2D eigenvalue weighted by Gasteiger charge is 2.28. The van der Waals surface area contributed by atoms with Gasteiger partial charge < -0.3 is 24.1 Å². The third-order valence-corrected chi connectivity index (χ3v) is 3.91. The summed E-state index contributed by atoms with van der Waals surface area (Å²) in [5.74, 6) is -0.529. The first-order valence-corrected chi connectivity index (χ1v) is 9.23. The number of rotatable bonds is 14.